The van der Waals surface area contributed by atoms with Gasteiger partial charge in [0.05, 0.1) is 0 Å². The molecule has 0 heterocycles. The third-order valence-electron chi connectivity index (χ3n) is 0.279. The van der Waals surface area contributed by atoms with Crippen LogP contribution in [0.25, 0.3) is 0 Å². The molecule has 2 nitrogen and oxygen atoms in total. The van der Waals surface area contributed by atoms with Crippen LogP contribution in [0.4, 0.5) is 0 Å². The Labute approximate surface area is 54.3 Å². The molecule has 0 aliphatic heterocycles. The van der Waals surface area contributed by atoms with E-state index in [2.05, 4.69) is 14.9 Å². The molecule has 0 aliphatic carbocycles. The van der Waals surface area contributed by atoms with Gasteiger partial charge in [0, 0.05) is 0 Å². The van der Waals surface area contributed by atoms with Crippen LogP contribution >= 0.6 is 23.2 Å². The maximum atomic E-state index is 9.98. The van der Waals surface area contributed by atoms with E-state index in [4.69, 9.17) is 23.2 Å². The van der Waals surface area contributed by atoms with Crippen LogP contribution in [0.5, 0.6) is 0 Å². The second-order valence-electron chi connectivity index (χ2n) is 0.722. The Bertz CT molecular complexity index is 74.1. The zero-order valence-corrected chi connectivity index (χ0v) is 5.66. The van der Waals surface area contributed by atoms with E-state index in [1.54, 1.807) is 0 Å². The summed E-state index contributed by atoms with van der Waals surface area (Å²) in [6.07, 6.45) is 0. The Morgan fingerprint density at radius 1 is 1.71 bits per heavy atom. The Hall–Kier alpha value is 0.267. The van der Waals surface area contributed by atoms with Crippen LogP contribution in [0.15, 0.2) is 0 Å². The van der Waals surface area contributed by atoms with Gasteiger partial charge < -0.3 is 4.43 Å². The van der Waals surface area contributed by atoms with E-state index >= 15 is 0 Å². The van der Waals surface area contributed by atoms with Crippen LogP contribution in [-0.2, 0) is 9.22 Å². The van der Waals surface area contributed by atoms with E-state index in [1.807, 2.05) is 0 Å². The van der Waals surface area contributed by atoms with Crippen LogP contribution in [0.2, 0.25) is 0 Å². The van der Waals surface area contributed by atoms with Gasteiger partial charge in [0.25, 0.3) is 0 Å². The van der Waals surface area contributed by atoms with E-state index in [9.17, 15) is 4.79 Å². The molecule has 0 aliphatic rings. The zero-order chi connectivity index (χ0) is 5.86. The molecule has 39 valence electrons. The van der Waals surface area contributed by atoms with E-state index in [-0.39, 0.29) is 0 Å². The molecule has 0 bridgehead atoms. The smallest absolute Gasteiger partial charge is 0.345 e. The molecule has 0 fully saturated rings. The van der Waals surface area contributed by atoms with Crippen LogP contribution in [0.1, 0.15) is 0 Å². The molecule has 0 aromatic carbocycles. The maximum Gasteiger partial charge on any atom is 0.345 e. The van der Waals surface area contributed by atoms with Crippen molar-refractivity contribution in [2.24, 2.45) is 0 Å². The lowest BCUT2D eigenvalue weighted by atomic mass is 10.8. The van der Waals surface area contributed by atoms with Gasteiger partial charge in [-0.05, 0) is 0 Å². The second-order valence-corrected chi connectivity index (χ2v) is 2.02. The minimum absolute atomic E-state index is 0.708. The molecule has 3 radical (unpaired) electrons. The van der Waals surface area contributed by atoms with Gasteiger partial charge in [-0.3, -0.25) is 4.79 Å². The van der Waals surface area contributed by atoms with Gasteiger partial charge >= 0.3 is 16.5 Å². The Morgan fingerprint density at radius 3 is 2.14 bits per heavy atom. The molecule has 0 unspecified atom stereocenters. The Kier molecular flexibility index (Phi) is 3.42. The molecular formula is C2HCl2O2Si. The first-order valence-electron chi connectivity index (χ1n) is 1.34. The summed E-state index contributed by atoms with van der Waals surface area (Å²) in [5, 5.41) is 0. The quantitative estimate of drug-likeness (QED) is 0.406. The number of carbonyl (C=O) groups excluding carboxylic acids is 1. The van der Waals surface area contributed by atoms with Crippen molar-refractivity contribution in [3.8, 4) is 0 Å². The Balaban J connectivity index is 3.35. The summed E-state index contributed by atoms with van der Waals surface area (Å²) in [5.41, 5.74) is 0. The SMILES string of the molecule is O=C(O[Si])C(Cl)Cl. The van der Waals surface area contributed by atoms with Crippen molar-refractivity contribution in [3.63, 3.8) is 0 Å². The van der Waals surface area contributed by atoms with E-state index in [0.717, 1.165) is 0 Å². The second kappa shape index (κ2) is 3.29. The number of alkyl halides is 2. The normalized spacial score (nSPS) is 9.14. The summed E-state index contributed by atoms with van der Waals surface area (Å²) in [5.74, 6) is -0.708. The Morgan fingerprint density at radius 2 is 2.14 bits per heavy atom. The molecule has 7 heavy (non-hydrogen) atoms. The first-order valence-corrected chi connectivity index (χ1v) is 2.62. The van der Waals surface area contributed by atoms with E-state index in [0.29, 0.717) is 0 Å². The summed E-state index contributed by atoms with van der Waals surface area (Å²) < 4.78 is 3.91. The van der Waals surface area contributed by atoms with Gasteiger partial charge in [0.2, 0.25) is 4.84 Å². The van der Waals surface area contributed by atoms with Crippen molar-refractivity contribution in [2.75, 3.05) is 0 Å². The minimum atomic E-state index is -1.10. The van der Waals surface area contributed by atoms with E-state index < -0.39 is 10.8 Å². The molecular weight excluding hydrogens is 155 g/mol. The molecule has 0 rings (SSSR count). The lowest BCUT2D eigenvalue weighted by Crippen LogP contribution is -2.09. The minimum Gasteiger partial charge on any atom is -0.514 e. The lowest BCUT2D eigenvalue weighted by Gasteiger charge is -1.94. The molecule has 0 spiro atoms. The number of carbonyl (C=O) groups is 1. The molecule has 0 amide bonds. The predicted molar refractivity (Wildman–Crippen MR) is 27.3 cm³/mol. The molecule has 0 N–H and O–H groups in total. The number of halogens is 2. The van der Waals surface area contributed by atoms with Crippen molar-refractivity contribution in [3.05, 3.63) is 0 Å². The molecule has 0 aromatic heterocycles. The highest BCUT2D eigenvalue weighted by molar-refractivity contribution is 6.53. The number of hydrogen-bond acceptors (Lipinski definition) is 2. The first-order chi connectivity index (χ1) is 3.18. The fraction of sp³-hybridized carbons (Fsp3) is 0.500. The summed E-state index contributed by atoms with van der Waals surface area (Å²) >= 11 is 9.98. The largest absolute Gasteiger partial charge is 0.514 e. The standard InChI is InChI=1S/C2HCl2O2Si/c3-1(4)2(5)6-7/h1H. The van der Waals surface area contributed by atoms with Gasteiger partial charge in [0.15, 0.2) is 0 Å². The topological polar surface area (TPSA) is 26.3 Å². The third kappa shape index (κ3) is 2.91. The van der Waals surface area contributed by atoms with Crippen LogP contribution in [-0.4, -0.2) is 21.3 Å². The van der Waals surface area contributed by atoms with Crippen molar-refractivity contribution >= 4 is 39.7 Å². The molecule has 0 atom stereocenters. The first kappa shape index (κ1) is 7.27. The monoisotopic (exact) mass is 155 g/mol. The number of rotatable bonds is 1. The fourth-order valence-electron chi connectivity index (χ4n) is 0.0445. The average Bonchev–Trinajstić information content (AvgIpc) is 1.65. The number of hydrogen-bond donors (Lipinski definition) is 0. The van der Waals surface area contributed by atoms with Crippen LogP contribution in [0, 0.1) is 0 Å². The molecule has 5 heteroatoms. The fourth-order valence-corrected chi connectivity index (χ4v) is 0.401. The maximum absolute atomic E-state index is 9.98. The summed E-state index contributed by atoms with van der Waals surface area (Å²) in [7, 11) is 2.44. The van der Waals surface area contributed by atoms with Gasteiger partial charge in [-0.2, -0.15) is 0 Å². The summed E-state index contributed by atoms with van der Waals surface area (Å²) in [4.78, 5) is 8.88. The van der Waals surface area contributed by atoms with Crippen molar-refractivity contribution in [1.29, 1.82) is 0 Å². The molecule has 0 saturated heterocycles. The highest BCUT2D eigenvalue weighted by Crippen LogP contribution is 2.01. The summed E-state index contributed by atoms with van der Waals surface area (Å²) in [6.45, 7) is 0. The average molecular weight is 156 g/mol. The van der Waals surface area contributed by atoms with Crippen LogP contribution in [0.3, 0.4) is 0 Å². The van der Waals surface area contributed by atoms with Gasteiger partial charge in [0.1, 0.15) is 0 Å². The molecule has 0 aromatic rings. The van der Waals surface area contributed by atoms with Gasteiger partial charge in [-0.1, -0.05) is 23.2 Å². The van der Waals surface area contributed by atoms with Crippen molar-refractivity contribution in [2.45, 2.75) is 4.84 Å². The van der Waals surface area contributed by atoms with Crippen molar-refractivity contribution in [1.82, 2.24) is 0 Å². The lowest BCUT2D eigenvalue weighted by molar-refractivity contribution is -0.132. The predicted octanol–water partition coefficient (Wildman–Crippen LogP) is 0.417. The highest BCUT2D eigenvalue weighted by atomic mass is 35.5. The van der Waals surface area contributed by atoms with Gasteiger partial charge in [-0.25, -0.2) is 0 Å². The summed E-state index contributed by atoms with van der Waals surface area (Å²) in [6, 6.07) is 0. The van der Waals surface area contributed by atoms with Crippen molar-refractivity contribution < 1.29 is 9.22 Å². The van der Waals surface area contributed by atoms with Crippen LogP contribution < -0.4 is 0 Å². The highest BCUT2D eigenvalue weighted by Gasteiger charge is 2.08. The van der Waals surface area contributed by atoms with Gasteiger partial charge in [-0.15, -0.1) is 0 Å². The zero-order valence-electron chi connectivity index (χ0n) is 3.15. The third-order valence-corrected chi connectivity index (χ3v) is 0.836. The van der Waals surface area contributed by atoms with E-state index in [1.165, 1.54) is 0 Å². The molecule has 0 saturated carbocycles.